The van der Waals surface area contributed by atoms with Crippen LogP contribution in [0.1, 0.15) is 64.5 Å². The number of ether oxygens (including phenoxy) is 1. The van der Waals surface area contributed by atoms with Crippen molar-refractivity contribution in [2.75, 3.05) is 32.7 Å². The number of rotatable bonds is 10. The maximum absolute atomic E-state index is 12.9. The van der Waals surface area contributed by atoms with Crippen molar-refractivity contribution in [2.24, 2.45) is 0 Å². The Morgan fingerprint density at radius 3 is 2.20 bits per heavy atom. The zero-order valence-electron chi connectivity index (χ0n) is 24.3. The Morgan fingerprint density at radius 2 is 1.56 bits per heavy atom. The predicted molar refractivity (Wildman–Crippen MR) is 156 cm³/mol. The molecule has 220 valence electrons. The van der Waals surface area contributed by atoms with Crippen LogP contribution in [0.3, 0.4) is 0 Å². The molecule has 0 spiro atoms. The van der Waals surface area contributed by atoms with Gasteiger partial charge in [-0.05, 0) is 93.2 Å². The SMILES string of the molecule is Cc1c(OC(C)CCNCc2ccccc2)ccc(C(C)N2CCN(C(=O)c3ccc(C(F)(F)F)cc3)CC2)c1C. The van der Waals surface area contributed by atoms with Gasteiger partial charge in [-0.1, -0.05) is 36.4 Å². The third-order valence-corrected chi connectivity index (χ3v) is 8.07. The van der Waals surface area contributed by atoms with Gasteiger partial charge < -0.3 is 15.0 Å². The second-order valence-corrected chi connectivity index (χ2v) is 10.9. The Morgan fingerprint density at radius 1 is 0.902 bits per heavy atom. The molecule has 1 fully saturated rings. The van der Waals surface area contributed by atoms with E-state index in [1.165, 1.54) is 28.8 Å². The van der Waals surface area contributed by atoms with E-state index in [2.05, 4.69) is 62.2 Å². The largest absolute Gasteiger partial charge is 0.490 e. The minimum atomic E-state index is -4.41. The molecule has 1 amide bonds. The van der Waals surface area contributed by atoms with Crippen LogP contribution in [0.2, 0.25) is 0 Å². The van der Waals surface area contributed by atoms with Crippen LogP contribution in [0.25, 0.3) is 0 Å². The Bertz CT molecular complexity index is 1290. The van der Waals surface area contributed by atoms with Crippen molar-refractivity contribution < 1.29 is 22.7 Å². The van der Waals surface area contributed by atoms with E-state index in [-0.39, 0.29) is 23.6 Å². The Labute approximate surface area is 241 Å². The molecule has 0 aliphatic carbocycles. The fourth-order valence-electron chi connectivity index (χ4n) is 5.30. The maximum Gasteiger partial charge on any atom is 0.416 e. The van der Waals surface area contributed by atoms with Gasteiger partial charge in [0.1, 0.15) is 5.75 Å². The van der Waals surface area contributed by atoms with Gasteiger partial charge in [0.05, 0.1) is 11.7 Å². The van der Waals surface area contributed by atoms with Crippen LogP contribution in [0.15, 0.2) is 66.7 Å². The number of nitrogens with one attached hydrogen (secondary N) is 1. The third-order valence-electron chi connectivity index (χ3n) is 8.07. The van der Waals surface area contributed by atoms with Crippen molar-refractivity contribution in [1.82, 2.24) is 15.1 Å². The molecular weight excluding hydrogens is 527 g/mol. The summed E-state index contributed by atoms with van der Waals surface area (Å²) in [4.78, 5) is 17.0. The van der Waals surface area contributed by atoms with E-state index in [1.54, 1.807) is 4.90 Å². The smallest absolute Gasteiger partial charge is 0.416 e. The molecule has 2 atom stereocenters. The van der Waals surface area contributed by atoms with E-state index in [0.29, 0.717) is 26.2 Å². The standard InChI is InChI=1S/C33H40F3N3O2/c1-23(16-17-37-22-27-8-6-5-7-9-27)41-31-15-14-30(24(2)25(31)3)26(4)38-18-20-39(21-19-38)32(40)28-10-12-29(13-11-28)33(34,35)36/h5-15,23,26,37H,16-22H2,1-4H3. The summed E-state index contributed by atoms with van der Waals surface area (Å²) in [5.74, 6) is 0.671. The second kappa shape index (κ2) is 13.5. The molecule has 0 saturated carbocycles. The monoisotopic (exact) mass is 567 g/mol. The highest BCUT2D eigenvalue weighted by atomic mass is 19.4. The number of piperazine rings is 1. The molecule has 1 N–H and O–H groups in total. The van der Waals surface area contributed by atoms with Gasteiger partial charge in [0.25, 0.3) is 5.91 Å². The molecule has 2 unspecified atom stereocenters. The van der Waals surface area contributed by atoms with Crippen LogP contribution in [0.4, 0.5) is 13.2 Å². The van der Waals surface area contributed by atoms with E-state index in [0.717, 1.165) is 43.0 Å². The topological polar surface area (TPSA) is 44.8 Å². The third kappa shape index (κ3) is 7.89. The summed E-state index contributed by atoms with van der Waals surface area (Å²) < 4.78 is 44.9. The fraction of sp³-hybridized carbons (Fsp3) is 0.424. The molecule has 0 aromatic heterocycles. The van der Waals surface area contributed by atoms with Crippen LogP contribution < -0.4 is 10.1 Å². The number of nitrogens with zero attached hydrogens (tertiary/aromatic N) is 2. The van der Waals surface area contributed by atoms with Gasteiger partial charge in [0.2, 0.25) is 0 Å². The van der Waals surface area contributed by atoms with Gasteiger partial charge in [0.15, 0.2) is 0 Å². The highest BCUT2D eigenvalue weighted by molar-refractivity contribution is 5.94. The highest BCUT2D eigenvalue weighted by Gasteiger charge is 2.31. The summed E-state index contributed by atoms with van der Waals surface area (Å²) in [5.41, 5.74) is 4.36. The van der Waals surface area contributed by atoms with Gasteiger partial charge in [-0.2, -0.15) is 13.2 Å². The molecule has 0 radical (unpaired) electrons. The van der Waals surface area contributed by atoms with Gasteiger partial charge >= 0.3 is 6.18 Å². The lowest BCUT2D eigenvalue weighted by Gasteiger charge is -2.39. The van der Waals surface area contributed by atoms with E-state index >= 15 is 0 Å². The van der Waals surface area contributed by atoms with E-state index in [4.69, 9.17) is 4.74 Å². The lowest BCUT2D eigenvalue weighted by Crippen LogP contribution is -2.49. The van der Waals surface area contributed by atoms with Crippen LogP contribution in [0.5, 0.6) is 5.75 Å². The minimum Gasteiger partial charge on any atom is -0.490 e. The van der Waals surface area contributed by atoms with Gasteiger partial charge in [-0.15, -0.1) is 0 Å². The predicted octanol–water partition coefficient (Wildman–Crippen LogP) is 6.79. The normalized spacial score (nSPS) is 15.9. The molecule has 1 heterocycles. The average Bonchev–Trinajstić information content (AvgIpc) is 2.97. The Hall–Kier alpha value is -3.36. The molecule has 1 aliphatic rings. The molecule has 4 rings (SSSR count). The summed E-state index contributed by atoms with van der Waals surface area (Å²) in [6.07, 6.45) is -3.43. The molecule has 3 aromatic carbocycles. The van der Waals surface area contributed by atoms with E-state index in [9.17, 15) is 18.0 Å². The number of hydrogen-bond donors (Lipinski definition) is 1. The molecule has 1 saturated heterocycles. The molecule has 1 aliphatic heterocycles. The van der Waals surface area contributed by atoms with Crippen molar-refractivity contribution in [1.29, 1.82) is 0 Å². The lowest BCUT2D eigenvalue weighted by molar-refractivity contribution is -0.137. The fourth-order valence-corrected chi connectivity index (χ4v) is 5.30. The number of carbonyl (C=O) groups is 1. The molecule has 41 heavy (non-hydrogen) atoms. The zero-order chi connectivity index (χ0) is 29.6. The van der Waals surface area contributed by atoms with Crippen molar-refractivity contribution in [2.45, 2.75) is 59.0 Å². The van der Waals surface area contributed by atoms with Crippen molar-refractivity contribution >= 4 is 5.91 Å². The lowest BCUT2D eigenvalue weighted by atomic mass is 9.96. The molecule has 3 aromatic rings. The Kier molecular flexibility index (Phi) is 10.1. The summed E-state index contributed by atoms with van der Waals surface area (Å²) in [6, 6.07) is 19.2. The number of benzene rings is 3. The van der Waals surface area contributed by atoms with Gasteiger partial charge in [-0.3, -0.25) is 9.69 Å². The van der Waals surface area contributed by atoms with Gasteiger partial charge in [0, 0.05) is 44.3 Å². The first-order valence-electron chi connectivity index (χ1n) is 14.3. The van der Waals surface area contributed by atoms with Crippen LogP contribution >= 0.6 is 0 Å². The first-order chi connectivity index (χ1) is 19.5. The Balaban J connectivity index is 1.28. The molecule has 5 nitrogen and oxygen atoms in total. The first kappa shape index (κ1) is 30.6. The zero-order valence-corrected chi connectivity index (χ0v) is 24.3. The summed E-state index contributed by atoms with van der Waals surface area (Å²) in [7, 11) is 0. The van der Waals surface area contributed by atoms with Crippen LogP contribution in [0, 0.1) is 13.8 Å². The van der Waals surface area contributed by atoms with Crippen molar-refractivity contribution in [3.63, 3.8) is 0 Å². The number of halogens is 3. The first-order valence-corrected chi connectivity index (χ1v) is 14.3. The van der Waals surface area contributed by atoms with E-state index < -0.39 is 11.7 Å². The highest BCUT2D eigenvalue weighted by Crippen LogP contribution is 2.32. The van der Waals surface area contributed by atoms with Gasteiger partial charge in [-0.25, -0.2) is 0 Å². The maximum atomic E-state index is 12.9. The molecule has 0 bridgehead atoms. The molecular formula is C33H40F3N3O2. The summed E-state index contributed by atoms with van der Waals surface area (Å²) in [5, 5.41) is 3.48. The quantitative estimate of drug-likeness (QED) is 0.274. The number of carbonyl (C=O) groups excluding carboxylic acids is 1. The van der Waals surface area contributed by atoms with Crippen molar-refractivity contribution in [3.8, 4) is 5.75 Å². The molecule has 8 heteroatoms. The number of alkyl halides is 3. The number of amides is 1. The van der Waals surface area contributed by atoms with E-state index in [1.807, 2.05) is 18.2 Å². The van der Waals surface area contributed by atoms with Crippen molar-refractivity contribution in [3.05, 3.63) is 100 Å². The number of hydrogen-bond acceptors (Lipinski definition) is 4. The second-order valence-electron chi connectivity index (χ2n) is 10.9. The van der Waals surface area contributed by atoms with Crippen LogP contribution in [-0.2, 0) is 12.7 Å². The van der Waals surface area contributed by atoms with Crippen LogP contribution in [-0.4, -0.2) is 54.5 Å². The average molecular weight is 568 g/mol. The summed E-state index contributed by atoms with van der Waals surface area (Å²) >= 11 is 0. The minimum absolute atomic E-state index is 0.0786. The summed E-state index contributed by atoms with van der Waals surface area (Å²) in [6.45, 7) is 12.7.